The fourth-order valence-electron chi connectivity index (χ4n) is 3.15. The van der Waals surface area contributed by atoms with Crippen LogP contribution in [-0.4, -0.2) is 64.5 Å². The van der Waals surface area contributed by atoms with Crippen molar-refractivity contribution in [3.63, 3.8) is 0 Å². The monoisotopic (exact) mass is 433 g/mol. The van der Waals surface area contributed by atoms with E-state index in [1.54, 1.807) is 4.90 Å². The van der Waals surface area contributed by atoms with Crippen LogP contribution in [-0.2, 0) is 11.3 Å². The molecule has 2 aromatic rings. The molecule has 1 N–H and O–H groups in total. The molecular formula is C20H20ClN3O6. The number of nitro benzene ring substituents is 1. The Kier molecular flexibility index (Phi) is 6.86. The van der Waals surface area contributed by atoms with Gasteiger partial charge in [-0.15, -0.1) is 0 Å². The number of carbonyl (C=O) groups excluding carboxylic acids is 1. The normalized spacial score (nSPS) is 14.4. The van der Waals surface area contributed by atoms with Gasteiger partial charge >= 0.3 is 11.7 Å². The van der Waals surface area contributed by atoms with Gasteiger partial charge in [-0.05, 0) is 23.8 Å². The summed E-state index contributed by atoms with van der Waals surface area (Å²) in [5.41, 5.74) is 0.590. The SMILES string of the molecule is O=C(O)c1ccc([N+](=O)[O-])c(OCC(=O)N2CCN(Cc3ccc(Cl)cc3)CC2)c1. The summed E-state index contributed by atoms with van der Waals surface area (Å²) in [4.78, 5) is 37.8. The summed E-state index contributed by atoms with van der Waals surface area (Å²) in [6.45, 7) is 2.73. The molecule has 1 aliphatic heterocycles. The lowest BCUT2D eigenvalue weighted by molar-refractivity contribution is -0.385. The Bertz CT molecular complexity index is 942. The number of carbonyl (C=O) groups is 2. The van der Waals surface area contributed by atoms with Crippen molar-refractivity contribution < 1.29 is 24.4 Å². The van der Waals surface area contributed by atoms with E-state index in [2.05, 4.69) is 4.90 Å². The Morgan fingerprint density at radius 1 is 1.10 bits per heavy atom. The van der Waals surface area contributed by atoms with Gasteiger partial charge in [0.05, 0.1) is 10.5 Å². The number of piperazine rings is 1. The number of nitrogens with zero attached hydrogens (tertiary/aromatic N) is 3. The second kappa shape index (κ2) is 9.55. The highest BCUT2D eigenvalue weighted by Crippen LogP contribution is 2.28. The summed E-state index contributed by atoms with van der Waals surface area (Å²) < 4.78 is 5.32. The van der Waals surface area contributed by atoms with Crippen molar-refractivity contribution in [3.8, 4) is 5.75 Å². The number of carboxylic acid groups (broad SMARTS) is 1. The van der Waals surface area contributed by atoms with Gasteiger partial charge < -0.3 is 14.7 Å². The second-order valence-corrected chi connectivity index (χ2v) is 7.25. The summed E-state index contributed by atoms with van der Waals surface area (Å²) >= 11 is 5.90. The first kappa shape index (κ1) is 21.5. The molecular weight excluding hydrogens is 414 g/mol. The number of hydrogen-bond donors (Lipinski definition) is 1. The van der Waals surface area contributed by atoms with Crippen LogP contribution in [0.15, 0.2) is 42.5 Å². The van der Waals surface area contributed by atoms with Crippen LogP contribution < -0.4 is 4.74 Å². The Hall–Kier alpha value is -3.17. The Morgan fingerprint density at radius 3 is 2.37 bits per heavy atom. The number of nitro groups is 1. The molecule has 10 heteroatoms. The predicted octanol–water partition coefficient (Wildman–Crippen LogP) is 2.67. The van der Waals surface area contributed by atoms with E-state index in [0.29, 0.717) is 31.2 Å². The molecule has 0 unspecified atom stereocenters. The van der Waals surface area contributed by atoms with E-state index >= 15 is 0 Å². The third-order valence-corrected chi connectivity index (χ3v) is 5.05. The van der Waals surface area contributed by atoms with Gasteiger partial charge in [0.1, 0.15) is 0 Å². The molecule has 1 amide bonds. The average Bonchev–Trinajstić information content (AvgIpc) is 2.73. The molecule has 1 fully saturated rings. The molecule has 0 radical (unpaired) electrons. The molecule has 0 aliphatic carbocycles. The summed E-state index contributed by atoms with van der Waals surface area (Å²) in [6, 6.07) is 10.8. The molecule has 0 spiro atoms. The van der Waals surface area contributed by atoms with Crippen LogP contribution in [0, 0.1) is 10.1 Å². The maximum absolute atomic E-state index is 12.5. The van der Waals surface area contributed by atoms with E-state index in [0.717, 1.165) is 30.3 Å². The van der Waals surface area contributed by atoms with Crippen LogP contribution >= 0.6 is 11.6 Å². The highest BCUT2D eigenvalue weighted by molar-refractivity contribution is 6.30. The van der Waals surface area contributed by atoms with Gasteiger partial charge in [-0.1, -0.05) is 23.7 Å². The van der Waals surface area contributed by atoms with Crippen molar-refractivity contribution in [1.82, 2.24) is 9.80 Å². The number of hydrogen-bond acceptors (Lipinski definition) is 6. The number of ether oxygens (including phenoxy) is 1. The smallest absolute Gasteiger partial charge is 0.335 e. The van der Waals surface area contributed by atoms with Crippen molar-refractivity contribution in [2.75, 3.05) is 32.8 Å². The largest absolute Gasteiger partial charge is 0.478 e. The zero-order valence-electron chi connectivity index (χ0n) is 16.0. The molecule has 9 nitrogen and oxygen atoms in total. The number of rotatable bonds is 7. The van der Waals surface area contributed by atoms with E-state index in [1.807, 2.05) is 24.3 Å². The third-order valence-electron chi connectivity index (χ3n) is 4.80. The van der Waals surface area contributed by atoms with Crippen molar-refractivity contribution in [3.05, 3.63) is 68.7 Å². The van der Waals surface area contributed by atoms with E-state index < -0.39 is 17.5 Å². The molecule has 3 rings (SSSR count). The number of benzene rings is 2. The number of aromatic carboxylic acids is 1. The lowest BCUT2D eigenvalue weighted by Crippen LogP contribution is -2.49. The van der Waals surface area contributed by atoms with E-state index in [1.165, 1.54) is 0 Å². The minimum atomic E-state index is -1.24. The molecule has 30 heavy (non-hydrogen) atoms. The first-order chi connectivity index (χ1) is 14.3. The summed E-state index contributed by atoms with van der Waals surface area (Å²) in [5, 5.41) is 20.9. The maximum atomic E-state index is 12.5. The third kappa shape index (κ3) is 5.46. The van der Waals surface area contributed by atoms with Crippen LogP contribution in [0.1, 0.15) is 15.9 Å². The number of carboxylic acids is 1. The number of halogens is 1. The van der Waals surface area contributed by atoms with E-state index in [4.69, 9.17) is 21.4 Å². The van der Waals surface area contributed by atoms with Gasteiger partial charge in [-0.3, -0.25) is 19.8 Å². The molecule has 0 atom stereocenters. The Labute approximate surface area is 177 Å². The molecule has 1 heterocycles. The van der Waals surface area contributed by atoms with Crippen molar-refractivity contribution >= 4 is 29.2 Å². The average molecular weight is 434 g/mol. The van der Waals surface area contributed by atoms with Crippen LogP contribution in [0.5, 0.6) is 5.75 Å². The van der Waals surface area contributed by atoms with Gasteiger partial charge in [0.2, 0.25) is 0 Å². The Morgan fingerprint density at radius 2 is 1.77 bits per heavy atom. The quantitative estimate of drug-likeness (QED) is 0.527. The summed E-state index contributed by atoms with van der Waals surface area (Å²) in [7, 11) is 0. The minimum absolute atomic E-state index is 0.154. The summed E-state index contributed by atoms with van der Waals surface area (Å²) in [6.07, 6.45) is 0. The summed E-state index contributed by atoms with van der Waals surface area (Å²) in [5.74, 6) is -1.79. The van der Waals surface area contributed by atoms with E-state index in [9.17, 15) is 19.7 Å². The van der Waals surface area contributed by atoms with Crippen molar-refractivity contribution in [1.29, 1.82) is 0 Å². The van der Waals surface area contributed by atoms with Gasteiger partial charge in [-0.25, -0.2) is 4.79 Å². The first-order valence-electron chi connectivity index (χ1n) is 9.22. The number of amides is 1. The Balaban J connectivity index is 1.54. The standard InChI is InChI=1S/C20H20ClN3O6/c21-16-4-1-14(2-5-16)12-22-7-9-23(10-8-22)19(25)13-30-18-11-15(20(26)27)3-6-17(18)24(28)29/h1-6,11H,7-10,12-13H2,(H,26,27). The van der Waals surface area contributed by atoms with Gasteiger partial charge in [0, 0.05) is 49.9 Å². The van der Waals surface area contributed by atoms with Gasteiger partial charge in [0.15, 0.2) is 12.4 Å². The molecule has 1 aliphatic rings. The maximum Gasteiger partial charge on any atom is 0.335 e. The topological polar surface area (TPSA) is 113 Å². The molecule has 2 aromatic carbocycles. The lowest BCUT2D eigenvalue weighted by atomic mass is 10.2. The zero-order chi connectivity index (χ0) is 21.7. The highest BCUT2D eigenvalue weighted by Gasteiger charge is 2.23. The predicted molar refractivity (Wildman–Crippen MR) is 109 cm³/mol. The fraction of sp³-hybridized carbons (Fsp3) is 0.300. The molecule has 1 saturated heterocycles. The van der Waals surface area contributed by atoms with Crippen molar-refractivity contribution in [2.45, 2.75) is 6.54 Å². The van der Waals surface area contributed by atoms with Crippen LogP contribution in [0.25, 0.3) is 0 Å². The van der Waals surface area contributed by atoms with Crippen LogP contribution in [0.4, 0.5) is 5.69 Å². The highest BCUT2D eigenvalue weighted by atomic mass is 35.5. The van der Waals surface area contributed by atoms with Crippen LogP contribution in [0.2, 0.25) is 5.02 Å². The minimum Gasteiger partial charge on any atom is -0.478 e. The van der Waals surface area contributed by atoms with Gasteiger partial charge in [0.25, 0.3) is 5.91 Å². The van der Waals surface area contributed by atoms with E-state index in [-0.39, 0.29) is 22.9 Å². The molecule has 0 bridgehead atoms. The molecule has 158 valence electrons. The molecule has 0 aromatic heterocycles. The van der Waals surface area contributed by atoms with Gasteiger partial charge in [-0.2, -0.15) is 0 Å². The lowest BCUT2D eigenvalue weighted by Gasteiger charge is -2.34. The first-order valence-corrected chi connectivity index (χ1v) is 9.60. The molecule has 0 saturated carbocycles. The van der Waals surface area contributed by atoms with Crippen LogP contribution in [0.3, 0.4) is 0 Å². The van der Waals surface area contributed by atoms with Crippen molar-refractivity contribution in [2.24, 2.45) is 0 Å². The zero-order valence-corrected chi connectivity index (χ0v) is 16.7. The second-order valence-electron chi connectivity index (χ2n) is 6.82. The fourth-order valence-corrected chi connectivity index (χ4v) is 3.27.